The first-order valence-corrected chi connectivity index (χ1v) is 8.97. The van der Waals surface area contributed by atoms with Crippen molar-refractivity contribution in [1.82, 2.24) is 0 Å². The molecule has 0 amide bonds. The molecule has 0 aromatic carbocycles. The van der Waals surface area contributed by atoms with Gasteiger partial charge in [-0.15, -0.1) is 0 Å². The molecular weight excluding hydrogens is 280 g/mol. The number of carbonyl (C=O) groups is 2. The molecule has 0 spiro atoms. The summed E-state index contributed by atoms with van der Waals surface area (Å²) in [6.07, 6.45) is 7.54. The first-order chi connectivity index (χ1) is 10.6. The summed E-state index contributed by atoms with van der Waals surface area (Å²) >= 11 is 0. The summed E-state index contributed by atoms with van der Waals surface area (Å²) < 4.78 is 11.0. The summed E-state index contributed by atoms with van der Waals surface area (Å²) in [5.41, 5.74) is 0. The van der Waals surface area contributed by atoms with Crippen LogP contribution in [0.3, 0.4) is 0 Å². The summed E-state index contributed by atoms with van der Waals surface area (Å²) in [5.74, 6) is -0.360. The fourth-order valence-electron chi connectivity index (χ4n) is 2.34. The van der Waals surface area contributed by atoms with Crippen molar-refractivity contribution in [1.29, 1.82) is 0 Å². The number of unbranched alkanes of at least 4 members (excludes halogenated alkanes) is 4. The van der Waals surface area contributed by atoms with E-state index < -0.39 is 0 Å². The van der Waals surface area contributed by atoms with E-state index in [2.05, 4.69) is 13.8 Å². The van der Waals surface area contributed by atoms with E-state index in [-0.39, 0.29) is 24.1 Å². The quantitative estimate of drug-likeness (QED) is 0.362. The van der Waals surface area contributed by atoms with Gasteiger partial charge in [0.15, 0.2) is 0 Å². The summed E-state index contributed by atoms with van der Waals surface area (Å²) in [6, 6.07) is 0. The minimum atomic E-state index is -0.325. The number of rotatable bonds is 13. The third kappa shape index (κ3) is 9.80. The Balaban J connectivity index is 4.28. The van der Waals surface area contributed by atoms with Crippen LogP contribution >= 0.6 is 0 Å². The molecule has 0 rings (SSSR count). The Morgan fingerprint density at radius 2 is 1.05 bits per heavy atom. The molecule has 0 saturated carbocycles. The maximum atomic E-state index is 11.8. The van der Waals surface area contributed by atoms with Crippen molar-refractivity contribution in [2.24, 2.45) is 0 Å². The predicted molar refractivity (Wildman–Crippen MR) is 88.6 cm³/mol. The van der Waals surface area contributed by atoms with Gasteiger partial charge in [-0.1, -0.05) is 53.4 Å². The molecular formula is C18H34O4. The SMILES string of the molecule is CCCCCC(=O)OC(CC)C(CC)OC(=O)CCCCC. The van der Waals surface area contributed by atoms with Crippen LogP contribution in [0.2, 0.25) is 0 Å². The third-order valence-electron chi connectivity index (χ3n) is 3.75. The van der Waals surface area contributed by atoms with Crippen LogP contribution in [0.25, 0.3) is 0 Å². The fourth-order valence-corrected chi connectivity index (χ4v) is 2.34. The van der Waals surface area contributed by atoms with Gasteiger partial charge in [-0.05, 0) is 25.7 Å². The molecule has 2 unspecified atom stereocenters. The number of esters is 2. The van der Waals surface area contributed by atoms with Crippen molar-refractivity contribution in [2.45, 2.75) is 104 Å². The maximum absolute atomic E-state index is 11.8. The van der Waals surface area contributed by atoms with Crippen LogP contribution in [0.1, 0.15) is 91.9 Å². The maximum Gasteiger partial charge on any atom is 0.306 e. The number of ether oxygens (including phenoxy) is 2. The van der Waals surface area contributed by atoms with Crippen molar-refractivity contribution in [3.05, 3.63) is 0 Å². The largest absolute Gasteiger partial charge is 0.458 e. The van der Waals surface area contributed by atoms with Crippen molar-refractivity contribution in [3.63, 3.8) is 0 Å². The smallest absolute Gasteiger partial charge is 0.306 e. The van der Waals surface area contributed by atoms with Gasteiger partial charge in [0.2, 0.25) is 0 Å². The number of hydrogen-bond donors (Lipinski definition) is 0. The van der Waals surface area contributed by atoms with Crippen LogP contribution in [-0.2, 0) is 19.1 Å². The first-order valence-electron chi connectivity index (χ1n) is 8.97. The highest BCUT2D eigenvalue weighted by Crippen LogP contribution is 2.15. The van der Waals surface area contributed by atoms with E-state index >= 15 is 0 Å². The van der Waals surface area contributed by atoms with Gasteiger partial charge in [0.05, 0.1) is 0 Å². The molecule has 22 heavy (non-hydrogen) atoms. The second-order valence-corrected chi connectivity index (χ2v) is 5.79. The summed E-state index contributed by atoms with van der Waals surface area (Å²) in [5, 5.41) is 0. The number of hydrogen-bond acceptors (Lipinski definition) is 4. The van der Waals surface area contributed by atoms with Crippen LogP contribution in [0, 0.1) is 0 Å². The topological polar surface area (TPSA) is 52.6 Å². The second-order valence-electron chi connectivity index (χ2n) is 5.79. The van der Waals surface area contributed by atoms with Crippen LogP contribution in [-0.4, -0.2) is 24.1 Å². The lowest BCUT2D eigenvalue weighted by Gasteiger charge is -2.25. The standard InChI is InChI=1S/C18H34O4/c1-5-9-11-13-17(19)21-15(7-3)16(8-4)22-18(20)14-12-10-6-2/h15-16H,5-14H2,1-4H3. The van der Waals surface area contributed by atoms with Gasteiger partial charge in [0, 0.05) is 12.8 Å². The second kappa shape index (κ2) is 13.6. The Labute approximate surface area is 135 Å². The highest BCUT2D eigenvalue weighted by Gasteiger charge is 2.25. The van der Waals surface area contributed by atoms with Gasteiger partial charge in [-0.2, -0.15) is 0 Å². The minimum absolute atomic E-state index is 0.180. The Kier molecular flexibility index (Phi) is 12.9. The molecule has 0 aliphatic rings. The molecule has 2 atom stereocenters. The third-order valence-corrected chi connectivity index (χ3v) is 3.75. The summed E-state index contributed by atoms with van der Waals surface area (Å²) in [7, 11) is 0. The van der Waals surface area contributed by atoms with Gasteiger partial charge in [0.1, 0.15) is 12.2 Å². The van der Waals surface area contributed by atoms with Crippen molar-refractivity contribution in [2.75, 3.05) is 0 Å². The molecule has 4 nitrogen and oxygen atoms in total. The van der Waals surface area contributed by atoms with Crippen LogP contribution in [0.15, 0.2) is 0 Å². The molecule has 0 saturated heterocycles. The fraction of sp³-hybridized carbons (Fsp3) is 0.889. The molecule has 0 N–H and O–H groups in total. The average Bonchev–Trinajstić information content (AvgIpc) is 2.51. The van der Waals surface area contributed by atoms with E-state index in [0.29, 0.717) is 25.7 Å². The predicted octanol–water partition coefficient (Wildman–Crippen LogP) is 4.79. The highest BCUT2D eigenvalue weighted by molar-refractivity contribution is 5.70. The van der Waals surface area contributed by atoms with Gasteiger partial charge in [-0.3, -0.25) is 9.59 Å². The lowest BCUT2D eigenvalue weighted by molar-refractivity contribution is -0.168. The molecule has 0 heterocycles. The van der Waals surface area contributed by atoms with E-state index in [4.69, 9.17) is 9.47 Å². The van der Waals surface area contributed by atoms with Crippen molar-refractivity contribution in [3.8, 4) is 0 Å². The summed E-state index contributed by atoms with van der Waals surface area (Å²) in [6.45, 7) is 8.12. The average molecular weight is 314 g/mol. The van der Waals surface area contributed by atoms with E-state index in [9.17, 15) is 9.59 Å². The normalized spacial score (nSPS) is 13.5. The molecule has 0 fully saturated rings. The molecule has 4 heteroatoms. The zero-order chi connectivity index (χ0) is 16.8. The molecule has 0 aliphatic heterocycles. The zero-order valence-electron chi connectivity index (χ0n) is 14.9. The molecule has 0 radical (unpaired) electrons. The Bertz CT molecular complexity index is 271. The van der Waals surface area contributed by atoms with Gasteiger partial charge < -0.3 is 9.47 Å². The zero-order valence-corrected chi connectivity index (χ0v) is 14.9. The molecule has 0 bridgehead atoms. The van der Waals surface area contributed by atoms with E-state index in [0.717, 1.165) is 38.5 Å². The summed E-state index contributed by atoms with van der Waals surface area (Å²) in [4.78, 5) is 23.7. The van der Waals surface area contributed by atoms with Crippen molar-refractivity contribution >= 4 is 11.9 Å². The first kappa shape index (κ1) is 20.9. The molecule has 0 aliphatic carbocycles. The Morgan fingerprint density at radius 3 is 1.32 bits per heavy atom. The Morgan fingerprint density at radius 1 is 0.682 bits per heavy atom. The highest BCUT2D eigenvalue weighted by atomic mass is 16.6. The van der Waals surface area contributed by atoms with Gasteiger partial charge in [0.25, 0.3) is 0 Å². The van der Waals surface area contributed by atoms with Crippen LogP contribution in [0.4, 0.5) is 0 Å². The van der Waals surface area contributed by atoms with Crippen molar-refractivity contribution < 1.29 is 19.1 Å². The molecule has 130 valence electrons. The van der Waals surface area contributed by atoms with E-state index in [1.165, 1.54) is 0 Å². The lowest BCUT2D eigenvalue weighted by atomic mass is 10.1. The van der Waals surface area contributed by atoms with Gasteiger partial charge >= 0.3 is 11.9 Å². The Hall–Kier alpha value is -1.06. The lowest BCUT2D eigenvalue weighted by Crippen LogP contribution is -2.34. The minimum Gasteiger partial charge on any atom is -0.458 e. The van der Waals surface area contributed by atoms with Crippen LogP contribution < -0.4 is 0 Å². The van der Waals surface area contributed by atoms with Gasteiger partial charge in [-0.25, -0.2) is 0 Å². The molecule has 0 aromatic rings. The number of carbonyl (C=O) groups excluding carboxylic acids is 2. The monoisotopic (exact) mass is 314 g/mol. The molecule has 0 aromatic heterocycles. The van der Waals surface area contributed by atoms with Crippen LogP contribution in [0.5, 0.6) is 0 Å². The van der Waals surface area contributed by atoms with E-state index in [1.54, 1.807) is 0 Å². The van der Waals surface area contributed by atoms with E-state index in [1.807, 2.05) is 13.8 Å².